The van der Waals surface area contributed by atoms with Gasteiger partial charge in [-0.05, 0) is 31.6 Å². The third-order valence-electron chi connectivity index (χ3n) is 5.49. The van der Waals surface area contributed by atoms with E-state index in [2.05, 4.69) is 34.4 Å². The summed E-state index contributed by atoms with van der Waals surface area (Å²) in [4.78, 5) is 31.3. The molecule has 8 heteroatoms. The first-order valence-corrected chi connectivity index (χ1v) is 11.1. The normalized spacial score (nSPS) is 27.8. The van der Waals surface area contributed by atoms with Gasteiger partial charge in [0, 0.05) is 37.7 Å². The molecule has 1 heterocycles. The fraction of sp³-hybridized carbons (Fsp3) is 0.650. The maximum absolute atomic E-state index is 12.6. The lowest BCUT2D eigenvalue weighted by molar-refractivity contribution is -0.140. The molecular formula is C20H31IN4O2S. The highest BCUT2D eigenvalue weighted by Gasteiger charge is 2.58. The molecular weight excluding hydrogens is 487 g/mol. The summed E-state index contributed by atoms with van der Waals surface area (Å²) in [7, 11) is 0. The molecule has 28 heavy (non-hydrogen) atoms. The van der Waals surface area contributed by atoms with E-state index in [4.69, 9.17) is 0 Å². The molecule has 2 amide bonds. The summed E-state index contributed by atoms with van der Waals surface area (Å²) >= 11 is 1.82. The molecule has 2 aliphatic carbocycles. The van der Waals surface area contributed by atoms with Gasteiger partial charge in [0.2, 0.25) is 11.8 Å². The number of amides is 2. The van der Waals surface area contributed by atoms with E-state index < -0.39 is 0 Å². The van der Waals surface area contributed by atoms with Crippen LogP contribution in [0.1, 0.15) is 19.8 Å². The van der Waals surface area contributed by atoms with Crippen LogP contribution in [0.5, 0.6) is 0 Å². The zero-order valence-electron chi connectivity index (χ0n) is 16.4. The lowest BCUT2D eigenvalue weighted by Crippen LogP contribution is -2.38. The molecule has 4 atom stereocenters. The van der Waals surface area contributed by atoms with Crippen LogP contribution in [0.25, 0.3) is 0 Å². The Morgan fingerprint density at radius 1 is 1.29 bits per heavy atom. The van der Waals surface area contributed by atoms with E-state index in [1.54, 1.807) is 0 Å². The molecule has 0 spiro atoms. The van der Waals surface area contributed by atoms with Gasteiger partial charge < -0.3 is 10.6 Å². The van der Waals surface area contributed by atoms with Gasteiger partial charge in [-0.1, -0.05) is 18.2 Å². The Bertz CT molecular complexity index is 610. The number of nitrogens with one attached hydrogen (secondary N) is 2. The number of fused-ring (bicyclic) bond motifs is 5. The Hall–Kier alpha value is -1.03. The van der Waals surface area contributed by atoms with E-state index >= 15 is 0 Å². The summed E-state index contributed by atoms with van der Waals surface area (Å²) < 4.78 is 0. The van der Waals surface area contributed by atoms with Gasteiger partial charge in [-0.3, -0.25) is 19.5 Å². The molecule has 3 aliphatic rings. The quantitative estimate of drug-likeness (QED) is 0.116. The molecule has 1 saturated carbocycles. The van der Waals surface area contributed by atoms with Crippen molar-refractivity contribution in [2.45, 2.75) is 19.8 Å². The number of carbonyl (C=O) groups excluding carboxylic acids is 2. The van der Waals surface area contributed by atoms with Crippen LogP contribution >= 0.6 is 35.7 Å². The number of hydrogen-bond acceptors (Lipinski definition) is 4. The van der Waals surface area contributed by atoms with Gasteiger partial charge in [0.25, 0.3) is 0 Å². The second-order valence-corrected chi connectivity index (χ2v) is 8.38. The minimum Gasteiger partial charge on any atom is -0.357 e. The van der Waals surface area contributed by atoms with E-state index in [-0.39, 0.29) is 59.5 Å². The molecule has 0 aromatic rings. The van der Waals surface area contributed by atoms with Gasteiger partial charge in [-0.15, -0.1) is 30.6 Å². The van der Waals surface area contributed by atoms with Gasteiger partial charge in [-0.2, -0.15) is 11.8 Å². The number of likely N-dealkylation sites (tertiary alicyclic amines) is 1. The minimum absolute atomic E-state index is 0. The van der Waals surface area contributed by atoms with Crippen LogP contribution in [-0.2, 0) is 9.59 Å². The Morgan fingerprint density at radius 3 is 2.57 bits per heavy atom. The molecule has 1 aliphatic heterocycles. The van der Waals surface area contributed by atoms with Gasteiger partial charge in [0.1, 0.15) is 0 Å². The topological polar surface area (TPSA) is 73.8 Å². The Morgan fingerprint density at radius 2 is 1.96 bits per heavy atom. The van der Waals surface area contributed by atoms with Crippen LogP contribution in [0.3, 0.4) is 0 Å². The predicted molar refractivity (Wildman–Crippen MR) is 126 cm³/mol. The van der Waals surface area contributed by atoms with Crippen molar-refractivity contribution in [2.75, 3.05) is 37.7 Å². The average Bonchev–Trinajstić information content (AvgIpc) is 3.34. The maximum Gasteiger partial charge on any atom is 0.233 e. The highest BCUT2D eigenvalue weighted by Crippen LogP contribution is 2.52. The second-order valence-electron chi connectivity index (χ2n) is 7.23. The standard InChI is InChI=1S/C20H30N4O2S.HI/c1-3-11-27-12-9-23-20(21-4-2)22-8-5-10-24-18(25)16-14-6-7-15(13-14)17(16)19(24)26;/h3,6-7,14-17H,1,4-5,8-13H2,2H3,(H2,21,22,23);1H. The number of hydrogen-bond donors (Lipinski definition) is 2. The van der Waals surface area contributed by atoms with Crippen molar-refractivity contribution in [1.29, 1.82) is 0 Å². The number of allylic oxidation sites excluding steroid dienone is 2. The monoisotopic (exact) mass is 518 g/mol. The van der Waals surface area contributed by atoms with E-state index in [1.807, 2.05) is 24.8 Å². The highest BCUT2D eigenvalue weighted by atomic mass is 127. The van der Waals surface area contributed by atoms with Crippen LogP contribution in [-0.4, -0.2) is 60.4 Å². The lowest BCUT2D eigenvalue weighted by atomic mass is 9.85. The van der Waals surface area contributed by atoms with Crippen molar-refractivity contribution >= 4 is 53.5 Å². The first-order chi connectivity index (χ1) is 13.2. The maximum atomic E-state index is 12.6. The number of halogens is 1. The van der Waals surface area contributed by atoms with E-state index in [9.17, 15) is 9.59 Å². The Labute approximate surface area is 189 Å². The fourth-order valence-corrected chi connectivity index (χ4v) is 4.93. The van der Waals surface area contributed by atoms with Crippen LogP contribution in [0.15, 0.2) is 29.8 Å². The Kier molecular flexibility index (Phi) is 9.33. The molecule has 2 N–H and O–H groups in total. The van der Waals surface area contributed by atoms with Crippen LogP contribution in [0.4, 0.5) is 0 Å². The van der Waals surface area contributed by atoms with E-state index in [1.165, 1.54) is 4.90 Å². The number of rotatable bonds is 10. The van der Waals surface area contributed by atoms with Crippen LogP contribution < -0.4 is 10.6 Å². The highest BCUT2D eigenvalue weighted by molar-refractivity contribution is 14.0. The zero-order chi connectivity index (χ0) is 19.2. The molecule has 0 aromatic heterocycles. The SMILES string of the molecule is C=CCSCCNC(=NCCCN1C(=O)C2C3C=CC(C3)C2C1=O)NCC.I. The summed E-state index contributed by atoms with van der Waals surface area (Å²) in [6, 6.07) is 0. The second kappa shape index (κ2) is 11.2. The third-order valence-corrected chi connectivity index (χ3v) is 6.45. The number of imide groups is 1. The molecule has 3 rings (SSSR count). The fourth-order valence-electron chi connectivity index (χ4n) is 4.35. The smallest absolute Gasteiger partial charge is 0.233 e. The number of nitrogens with zero attached hydrogens (tertiary/aromatic N) is 2. The molecule has 0 aromatic carbocycles. The Balaban J connectivity index is 0.00000280. The largest absolute Gasteiger partial charge is 0.357 e. The van der Waals surface area contributed by atoms with E-state index in [0.29, 0.717) is 19.5 Å². The molecule has 156 valence electrons. The first kappa shape index (κ1) is 23.3. The van der Waals surface area contributed by atoms with Crippen molar-refractivity contribution in [1.82, 2.24) is 15.5 Å². The van der Waals surface area contributed by atoms with Crippen LogP contribution in [0, 0.1) is 23.7 Å². The number of carbonyl (C=O) groups is 2. The summed E-state index contributed by atoms with van der Waals surface area (Å²) in [6.45, 7) is 8.45. The lowest BCUT2D eigenvalue weighted by Gasteiger charge is -2.17. The molecule has 4 unspecified atom stereocenters. The zero-order valence-corrected chi connectivity index (χ0v) is 19.6. The summed E-state index contributed by atoms with van der Waals surface area (Å²) in [5.41, 5.74) is 0. The molecule has 0 radical (unpaired) electrons. The number of guanidine groups is 1. The molecule has 2 fully saturated rings. The van der Waals surface area contributed by atoms with E-state index in [0.717, 1.165) is 37.0 Å². The third kappa shape index (κ3) is 5.11. The van der Waals surface area contributed by atoms with Crippen molar-refractivity contribution in [2.24, 2.45) is 28.7 Å². The van der Waals surface area contributed by atoms with Crippen LogP contribution in [0.2, 0.25) is 0 Å². The van der Waals surface area contributed by atoms with Crippen molar-refractivity contribution in [3.8, 4) is 0 Å². The molecule has 6 nitrogen and oxygen atoms in total. The van der Waals surface area contributed by atoms with Gasteiger partial charge in [0.05, 0.1) is 11.8 Å². The summed E-state index contributed by atoms with van der Waals surface area (Å²) in [5.74, 6) is 3.18. The number of aliphatic imine (C=N–C) groups is 1. The van der Waals surface area contributed by atoms with Crippen molar-refractivity contribution < 1.29 is 9.59 Å². The average molecular weight is 518 g/mol. The molecule has 2 bridgehead atoms. The van der Waals surface area contributed by atoms with Crippen molar-refractivity contribution in [3.63, 3.8) is 0 Å². The van der Waals surface area contributed by atoms with Gasteiger partial charge in [-0.25, -0.2) is 0 Å². The number of thioether (sulfide) groups is 1. The first-order valence-electron chi connectivity index (χ1n) is 9.91. The minimum atomic E-state index is -0.0944. The van der Waals surface area contributed by atoms with Gasteiger partial charge in [0.15, 0.2) is 5.96 Å². The predicted octanol–water partition coefficient (Wildman–Crippen LogP) is 2.28. The summed E-state index contributed by atoms with van der Waals surface area (Å²) in [6.07, 6.45) is 7.84. The van der Waals surface area contributed by atoms with Crippen molar-refractivity contribution in [3.05, 3.63) is 24.8 Å². The molecule has 1 saturated heterocycles. The summed E-state index contributed by atoms with van der Waals surface area (Å²) in [5, 5.41) is 6.53. The van der Waals surface area contributed by atoms with Gasteiger partial charge >= 0.3 is 0 Å².